The molecule has 3 heterocycles. The van der Waals surface area contributed by atoms with E-state index in [9.17, 15) is 9.59 Å². The first kappa shape index (κ1) is 23.7. The van der Waals surface area contributed by atoms with Crippen LogP contribution >= 0.6 is 38.6 Å². The normalized spacial score (nSPS) is 16.0. The van der Waals surface area contributed by atoms with Gasteiger partial charge in [-0.05, 0) is 92.0 Å². The van der Waals surface area contributed by atoms with Crippen molar-refractivity contribution in [3.05, 3.63) is 35.8 Å². The number of esters is 1. The van der Waals surface area contributed by atoms with Crippen molar-refractivity contribution in [2.24, 2.45) is 0 Å². The van der Waals surface area contributed by atoms with Crippen LogP contribution in [0, 0.1) is 0 Å². The van der Waals surface area contributed by atoms with Crippen LogP contribution in [0.5, 0.6) is 0 Å². The lowest BCUT2D eigenvalue weighted by Crippen LogP contribution is -2.30. The highest BCUT2D eigenvalue weighted by molar-refractivity contribution is 9.11. The maximum absolute atomic E-state index is 13.1. The van der Waals surface area contributed by atoms with Crippen LogP contribution in [0.4, 0.5) is 9.80 Å². The molecule has 0 saturated carbocycles. The zero-order valence-electron chi connectivity index (χ0n) is 18.8. The molecule has 9 heteroatoms. The fourth-order valence-electron chi connectivity index (χ4n) is 4.23. The highest BCUT2D eigenvalue weighted by Gasteiger charge is 2.29. The summed E-state index contributed by atoms with van der Waals surface area (Å²) in [7, 11) is 0. The van der Waals surface area contributed by atoms with E-state index in [1.165, 1.54) is 26.7 Å². The van der Waals surface area contributed by atoms with Crippen LogP contribution in [0.3, 0.4) is 0 Å². The van der Waals surface area contributed by atoms with Crippen molar-refractivity contribution in [2.75, 3.05) is 11.9 Å². The van der Waals surface area contributed by atoms with Gasteiger partial charge in [0, 0.05) is 22.8 Å². The number of rotatable bonds is 4. The fourth-order valence-corrected chi connectivity index (χ4v) is 7.53. The van der Waals surface area contributed by atoms with Crippen LogP contribution in [0.2, 0.25) is 0 Å². The molecule has 0 atom stereocenters. The third-order valence-corrected chi connectivity index (χ3v) is 8.90. The van der Waals surface area contributed by atoms with Crippen molar-refractivity contribution < 1.29 is 14.3 Å². The smallest absolute Gasteiger partial charge is 0.341 e. The van der Waals surface area contributed by atoms with Gasteiger partial charge < -0.3 is 15.4 Å². The van der Waals surface area contributed by atoms with E-state index >= 15 is 0 Å². The summed E-state index contributed by atoms with van der Waals surface area (Å²) in [4.78, 5) is 28.4. The molecule has 1 aliphatic carbocycles. The zero-order chi connectivity index (χ0) is 22.9. The minimum atomic E-state index is -0.588. The van der Waals surface area contributed by atoms with E-state index in [4.69, 9.17) is 4.74 Å². The van der Waals surface area contributed by atoms with Gasteiger partial charge in [0.15, 0.2) is 0 Å². The van der Waals surface area contributed by atoms with Crippen molar-refractivity contribution in [3.63, 3.8) is 0 Å². The Hall–Kier alpha value is -1.42. The van der Waals surface area contributed by atoms with E-state index in [2.05, 4.69) is 31.9 Å². The van der Waals surface area contributed by atoms with E-state index < -0.39 is 5.60 Å². The number of thiophene rings is 2. The molecule has 3 N–H and O–H groups in total. The predicted molar refractivity (Wildman–Crippen MR) is 134 cm³/mol. The van der Waals surface area contributed by atoms with Gasteiger partial charge in [-0.15, -0.1) is 22.7 Å². The summed E-state index contributed by atoms with van der Waals surface area (Å²) in [6.07, 6.45) is 6.09. The van der Waals surface area contributed by atoms with E-state index in [0.717, 1.165) is 66.5 Å². The second-order valence-corrected chi connectivity index (χ2v) is 12.8. The molecule has 4 rings (SSSR count). The van der Waals surface area contributed by atoms with Gasteiger partial charge in [-0.25, -0.2) is 9.59 Å². The number of urea groups is 1. The lowest BCUT2D eigenvalue weighted by molar-refractivity contribution is 0.00700. The van der Waals surface area contributed by atoms with Gasteiger partial charge in [-0.3, -0.25) is 5.32 Å². The van der Waals surface area contributed by atoms with Crippen LogP contribution in [0.1, 0.15) is 76.8 Å². The standard InChI is InChI=1S/C23H30BrN3O3S2/c1-23(2,3)30-21(28)18-14-7-5-4-6-8-16(14)32-20(18)27-22(29)26-11-15-13-9-10-25-12-17(13)31-19(15)24/h25H,4-12H2,1-3H3,(H2,26,27,29). The molecular weight excluding hydrogens is 510 g/mol. The summed E-state index contributed by atoms with van der Waals surface area (Å²) >= 11 is 6.91. The Bertz CT molecular complexity index is 1020. The second-order valence-electron chi connectivity index (χ2n) is 9.26. The van der Waals surface area contributed by atoms with Gasteiger partial charge in [-0.1, -0.05) is 6.42 Å². The molecule has 0 saturated heterocycles. The highest BCUT2D eigenvalue weighted by Crippen LogP contribution is 2.39. The maximum Gasteiger partial charge on any atom is 0.341 e. The Morgan fingerprint density at radius 1 is 1.06 bits per heavy atom. The topological polar surface area (TPSA) is 79.5 Å². The first-order chi connectivity index (χ1) is 15.2. The quantitative estimate of drug-likeness (QED) is 0.340. The third kappa shape index (κ3) is 5.38. The molecule has 32 heavy (non-hydrogen) atoms. The molecule has 0 bridgehead atoms. The number of aryl methyl sites for hydroxylation is 1. The SMILES string of the molecule is CC(C)(C)OC(=O)c1c(NC(=O)NCc2c(Br)sc3c2CCNC3)sc2c1CCCCC2. The fraction of sp³-hybridized carbons (Fsp3) is 0.565. The van der Waals surface area contributed by atoms with Crippen molar-refractivity contribution in [2.45, 2.75) is 78.0 Å². The summed E-state index contributed by atoms with van der Waals surface area (Å²) < 4.78 is 6.77. The van der Waals surface area contributed by atoms with Crippen molar-refractivity contribution >= 4 is 55.6 Å². The van der Waals surface area contributed by atoms with Crippen LogP contribution in [-0.2, 0) is 37.1 Å². The first-order valence-electron chi connectivity index (χ1n) is 11.2. The predicted octanol–water partition coefficient (Wildman–Crippen LogP) is 5.76. The molecule has 0 aromatic carbocycles. The summed E-state index contributed by atoms with van der Waals surface area (Å²) in [5.74, 6) is -0.352. The van der Waals surface area contributed by atoms with Gasteiger partial charge >= 0.3 is 12.0 Å². The molecular formula is C23H30BrN3O3S2. The molecule has 6 nitrogen and oxygen atoms in total. The number of anilines is 1. The molecule has 0 unspecified atom stereocenters. The van der Waals surface area contributed by atoms with Crippen LogP contribution in [0.25, 0.3) is 0 Å². The van der Waals surface area contributed by atoms with Gasteiger partial charge in [0.25, 0.3) is 0 Å². The largest absolute Gasteiger partial charge is 0.456 e. The molecule has 2 aliphatic rings. The maximum atomic E-state index is 13.1. The Balaban J connectivity index is 1.51. The number of fused-ring (bicyclic) bond motifs is 2. The molecule has 2 aromatic heterocycles. The Labute approximate surface area is 205 Å². The van der Waals surface area contributed by atoms with Crippen molar-refractivity contribution in [1.82, 2.24) is 10.6 Å². The minimum absolute atomic E-state index is 0.299. The lowest BCUT2D eigenvalue weighted by Gasteiger charge is -2.20. The molecule has 174 valence electrons. The molecule has 0 radical (unpaired) electrons. The van der Waals surface area contributed by atoms with Gasteiger partial charge in [0.1, 0.15) is 10.6 Å². The molecule has 0 fully saturated rings. The van der Waals surface area contributed by atoms with Crippen LogP contribution in [-0.4, -0.2) is 24.1 Å². The number of nitrogens with one attached hydrogen (secondary N) is 3. The minimum Gasteiger partial charge on any atom is -0.456 e. The van der Waals surface area contributed by atoms with Crippen LogP contribution in [0.15, 0.2) is 3.79 Å². The van der Waals surface area contributed by atoms with Gasteiger partial charge in [0.05, 0.1) is 9.35 Å². The first-order valence-corrected chi connectivity index (χ1v) is 13.6. The lowest BCUT2D eigenvalue weighted by atomic mass is 10.0. The van der Waals surface area contributed by atoms with Crippen molar-refractivity contribution in [3.8, 4) is 0 Å². The molecule has 1 aliphatic heterocycles. The Kier molecular flexibility index (Phi) is 7.29. The number of carbonyl (C=O) groups is 2. The number of halogens is 1. The monoisotopic (exact) mass is 539 g/mol. The number of amides is 2. The van der Waals surface area contributed by atoms with E-state index in [1.807, 2.05) is 20.8 Å². The van der Waals surface area contributed by atoms with Gasteiger partial charge in [0.2, 0.25) is 0 Å². The van der Waals surface area contributed by atoms with E-state index in [-0.39, 0.29) is 12.0 Å². The average Bonchev–Trinajstić information content (AvgIpc) is 3.11. The third-order valence-electron chi connectivity index (χ3n) is 5.67. The number of hydrogen-bond acceptors (Lipinski definition) is 6. The average molecular weight is 541 g/mol. The summed E-state index contributed by atoms with van der Waals surface area (Å²) in [5, 5.41) is 9.94. The summed E-state index contributed by atoms with van der Waals surface area (Å²) in [6, 6.07) is -0.299. The molecule has 0 spiro atoms. The molecule has 2 aromatic rings. The number of carbonyl (C=O) groups excluding carboxylic acids is 2. The highest BCUT2D eigenvalue weighted by atomic mass is 79.9. The summed E-state index contributed by atoms with van der Waals surface area (Å²) in [5.41, 5.74) is 3.49. The zero-order valence-corrected chi connectivity index (χ0v) is 22.0. The number of ether oxygens (including phenoxy) is 1. The van der Waals surface area contributed by atoms with Crippen LogP contribution < -0.4 is 16.0 Å². The number of hydrogen-bond donors (Lipinski definition) is 3. The van der Waals surface area contributed by atoms with Gasteiger partial charge in [-0.2, -0.15) is 0 Å². The Morgan fingerprint density at radius 2 is 1.84 bits per heavy atom. The second kappa shape index (κ2) is 9.83. The van der Waals surface area contributed by atoms with E-state index in [0.29, 0.717) is 17.1 Å². The Morgan fingerprint density at radius 3 is 2.62 bits per heavy atom. The molecule has 2 amide bonds. The van der Waals surface area contributed by atoms with E-state index in [1.54, 1.807) is 11.3 Å². The summed E-state index contributed by atoms with van der Waals surface area (Å²) in [6.45, 7) is 7.88. The van der Waals surface area contributed by atoms with Crippen molar-refractivity contribution in [1.29, 1.82) is 0 Å².